The van der Waals surface area contributed by atoms with Crippen LogP contribution in [0.25, 0.3) is 22.6 Å². The van der Waals surface area contributed by atoms with Crippen LogP contribution in [0.5, 0.6) is 11.6 Å². The average molecular weight is 603 g/mol. The molecule has 0 unspecified atom stereocenters. The number of aromatic nitrogens is 5. The monoisotopic (exact) mass is 602 g/mol. The van der Waals surface area contributed by atoms with Gasteiger partial charge in [0.25, 0.3) is 5.91 Å². The molecule has 0 atom stereocenters. The molecule has 226 valence electrons. The van der Waals surface area contributed by atoms with Crippen molar-refractivity contribution in [1.29, 1.82) is 0 Å². The van der Waals surface area contributed by atoms with Gasteiger partial charge < -0.3 is 19.9 Å². The predicted molar refractivity (Wildman–Crippen MR) is 158 cm³/mol. The van der Waals surface area contributed by atoms with Gasteiger partial charge in [-0.3, -0.25) is 14.7 Å². The Morgan fingerprint density at radius 3 is 2.55 bits per heavy atom. The van der Waals surface area contributed by atoms with Gasteiger partial charge in [-0.1, -0.05) is 12.1 Å². The molecule has 1 aliphatic rings. The first kappa shape index (κ1) is 29.2. The van der Waals surface area contributed by atoms with Crippen molar-refractivity contribution < 1.29 is 22.7 Å². The lowest BCUT2D eigenvalue weighted by molar-refractivity contribution is -0.138. The van der Waals surface area contributed by atoms with E-state index in [-0.39, 0.29) is 29.2 Å². The molecule has 1 saturated heterocycles. The molecular formula is C31H29F3N8O2. The molecule has 1 fully saturated rings. The predicted octanol–water partition coefficient (Wildman–Crippen LogP) is 5.53. The van der Waals surface area contributed by atoms with Crippen LogP contribution in [0.3, 0.4) is 0 Å². The average Bonchev–Trinajstić information content (AvgIpc) is 3.49. The second kappa shape index (κ2) is 12.0. The van der Waals surface area contributed by atoms with Crippen LogP contribution < -0.4 is 10.1 Å². The van der Waals surface area contributed by atoms with Crippen LogP contribution in [0.15, 0.2) is 67.3 Å². The molecule has 1 amide bonds. The van der Waals surface area contributed by atoms with Crippen LogP contribution in [-0.2, 0) is 12.7 Å². The summed E-state index contributed by atoms with van der Waals surface area (Å²) >= 11 is 0. The van der Waals surface area contributed by atoms with E-state index in [1.165, 1.54) is 24.5 Å². The van der Waals surface area contributed by atoms with Crippen LogP contribution in [-0.4, -0.2) is 73.9 Å². The number of aryl methyl sites for hydroxylation is 1. The molecule has 2 aromatic carbocycles. The van der Waals surface area contributed by atoms with Gasteiger partial charge in [0.1, 0.15) is 11.3 Å². The van der Waals surface area contributed by atoms with Crippen LogP contribution >= 0.6 is 0 Å². The van der Waals surface area contributed by atoms with Gasteiger partial charge in [-0.25, -0.2) is 9.97 Å². The summed E-state index contributed by atoms with van der Waals surface area (Å²) in [5, 5.41) is 2.61. The molecule has 10 nitrogen and oxygen atoms in total. The summed E-state index contributed by atoms with van der Waals surface area (Å²) in [7, 11) is 1.99. The highest BCUT2D eigenvalue weighted by molar-refractivity contribution is 6.04. The Morgan fingerprint density at radius 2 is 1.80 bits per heavy atom. The smallest absolute Gasteiger partial charge is 0.416 e. The van der Waals surface area contributed by atoms with Crippen molar-refractivity contribution >= 4 is 22.8 Å². The standard InChI is InChI=1S/C31H29F3N8O2/c1-19-3-4-21(15-25(19)44-30-26-28(37-18-36-26)39-27(40-30)20-7-9-35-10-8-20)29(43)38-23-6-5-22(24(16-23)31(32,33)34)17-42-13-11-41(2)12-14-42/h3-10,15-16,18H,11-14,17H2,1-2H3,(H,38,43)(H,36,37,39,40). The van der Waals surface area contributed by atoms with Crippen molar-refractivity contribution in [2.75, 3.05) is 38.5 Å². The summed E-state index contributed by atoms with van der Waals surface area (Å²) in [6, 6.07) is 12.2. The van der Waals surface area contributed by atoms with Crippen LogP contribution in [0.2, 0.25) is 0 Å². The zero-order valence-corrected chi connectivity index (χ0v) is 24.0. The zero-order chi connectivity index (χ0) is 30.8. The van der Waals surface area contributed by atoms with Gasteiger partial charge in [0.15, 0.2) is 11.5 Å². The Morgan fingerprint density at radius 1 is 1.02 bits per heavy atom. The summed E-state index contributed by atoms with van der Waals surface area (Å²) < 4.78 is 48.3. The van der Waals surface area contributed by atoms with Crippen molar-refractivity contribution in [2.24, 2.45) is 0 Å². The Labute approximate surface area is 250 Å². The molecule has 13 heteroatoms. The molecule has 4 heterocycles. The van der Waals surface area contributed by atoms with Crippen LogP contribution in [0.1, 0.15) is 27.0 Å². The number of fused-ring (bicyclic) bond motifs is 1. The minimum Gasteiger partial charge on any atom is -0.437 e. The molecular weight excluding hydrogens is 573 g/mol. The van der Waals surface area contributed by atoms with E-state index in [0.29, 0.717) is 47.0 Å². The Hall–Kier alpha value is -4.88. The highest BCUT2D eigenvalue weighted by atomic mass is 19.4. The molecule has 0 bridgehead atoms. The number of amides is 1. The fraction of sp³-hybridized carbons (Fsp3) is 0.258. The Bertz CT molecular complexity index is 1800. The summed E-state index contributed by atoms with van der Waals surface area (Å²) in [6.07, 6.45) is 0.154. The molecule has 2 N–H and O–H groups in total. The number of alkyl halides is 3. The molecule has 44 heavy (non-hydrogen) atoms. The SMILES string of the molecule is Cc1ccc(C(=O)Nc2ccc(CN3CCN(C)CC3)c(C(F)(F)F)c2)cc1Oc1nc(-c2ccncc2)nc2nc[nH]c12. The topological polar surface area (TPSA) is 112 Å². The minimum absolute atomic E-state index is 0.0458. The van der Waals surface area contributed by atoms with E-state index in [9.17, 15) is 18.0 Å². The molecule has 1 aliphatic heterocycles. The van der Waals surface area contributed by atoms with E-state index in [2.05, 4.69) is 35.1 Å². The number of hydrogen-bond acceptors (Lipinski definition) is 8. The summed E-state index contributed by atoms with van der Waals surface area (Å²) in [5.41, 5.74) is 1.94. The van der Waals surface area contributed by atoms with Gasteiger partial charge in [-0.15, -0.1) is 0 Å². The molecule has 3 aromatic heterocycles. The number of pyridine rings is 1. The third kappa shape index (κ3) is 6.38. The Balaban J connectivity index is 1.24. The molecule has 0 spiro atoms. The number of nitrogens with zero attached hydrogens (tertiary/aromatic N) is 6. The van der Waals surface area contributed by atoms with E-state index in [0.717, 1.165) is 19.2 Å². The zero-order valence-electron chi connectivity index (χ0n) is 24.0. The first-order valence-electron chi connectivity index (χ1n) is 14.0. The van der Waals surface area contributed by atoms with Gasteiger partial charge in [0.05, 0.1) is 11.9 Å². The van der Waals surface area contributed by atoms with E-state index >= 15 is 0 Å². The van der Waals surface area contributed by atoms with Crippen molar-refractivity contribution in [3.8, 4) is 23.0 Å². The van der Waals surface area contributed by atoms with Gasteiger partial charge >= 0.3 is 6.18 Å². The first-order chi connectivity index (χ1) is 21.1. The number of anilines is 1. The van der Waals surface area contributed by atoms with Gasteiger partial charge in [0.2, 0.25) is 5.88 Å². The normalized spacial score (nSPS) is 14.6. The van der Waals surface area contributed by atoms with E-state index < -0.39 is 17.6 Å². The number of carbonyl (C=O) groups excluding carboxylic acids is 1. The maximum absolute atomic E-state index is 14.1. The summed E-state index contributed by atoms with van der Waals surface area (Å²) in [6.45, 7) is 4.97. The van der Waals surface area contributed by atoms with Crippen molar-refractivity contribution in [3.05, 3.63) is 89.5 Å². The van der Waals surface area contributed by atoms with E-state index in [4.69, 9.17) is 4.74 Å². The number of nitrogens with one attached hydrogen (secondary N) is 2. The molecule has 5 aromatic rings. The molecule has 0 aliphatic carbocycles. The number of imidazole rings is 1. The van der Waals surface area contributed by atoms with Crippen molar-refractivity contribution in [3.63, 3.8) is 0 Å². The number of rotatable bonds is 7. The second-order valence-corrected chi connectivity index (χ2v) is 10.7. The largest absolute Gasteiger partial charge is 0.437 e. The highest BCUT2D eigenvalue weighted by Crippen LogP contribution is 2.35. The number of piperazine rings is 1. The fourth-order valence-electron chi connectivity index (χ4n) is 4.97. The second-order valence-electron chi connectivity index (χ2n) is 10.7. The number of hydrogen-bond donors (Lipinski definition) is 2. The van der Waals surface area contributed by atoms with E-state index in [1.807, 2.05) is 11.9 Å². The van der Waals surface area contributed by atoms with Crippen LogP contribution in [0.4, 0.5) is 18.9 Å². The third-order valence-corrected chi connectivity index (χ3v) is 7.51. The van der Waals surface area contributed by atoms with Gasteiger partial charge in [0, 0.05) is 61.9 Å². The highest BCUT2D eigenvalue weighted by Gasteiger charge is 2.34. The fourth-order valence-corrected chi connectivity index (χ4v) is 4.97. The molecule has 0 saturated carbocycles. The lowest BCUT2D eigenvalue weighted by Crippen LogP contribution is -2.44. The first-order valence-corrected chi connectivity index (χ1v) is 14.0. The maximum atomic E-state index is 14.1. The number of aromatic amines is 1. The third-order valence-electron chi connectivity index (χ3n) is 7.51. The maximum Gasteiger partial charge on any atom is 0.416 e. The summed E-state index contributed by atoms with van der Waals surface area (Å²) in [4.78, 5) is 37.7. The van der Waals surface area contributed by atoms with E-state index in [1.54, 1.807) is 43.6 Å². The van der Waals surface area contributed by atoms with Gasteiger partial charge in [-0.05, 0) is 61.5 Å². The van der Waals surface area contributed by atoms with Gasteiger partial charge in [-0.2, -0.15) is 18.2 Å². The lowest BCUT2D eigenvalue weighted by Gasteiger charge is -2.33. The number of ether oxygens (including phenoxy) is 1. The van der Waals surface area contributed by atoms with Crippen LogP contribution in [0, 0.1) is 6.92 Å². The quantitative estimate of drug-likeness (QED) is 0.250. The molecule has 6 rings (SSSR count). The van der Waals surface area contributed by atoms with Crippen molar-refractivity contribution in [1.82, 2.24) is 34.7 Å². The lowest BCUT2D eigenvalue weighted by atomic mass is 10.0. The number of carbonyl (C=O) groups is 1. The minimum atomic E-state index is -4.57. The van der Waals surface area contributed by atoms with Crippen molar-refractivity contribution in [2.45, 2.75) is 19.6 Å². The molecule has 0 radical (unpaired) electrons. The summed E-state index contributed by atoms with van der Waals surface area (Å²) in [5.74, 6) is 0.337. The number of H-pyrrole nitrogens is 1. The number of benzene rings is 2. The number of likely N-dealkylation sites (N-methyl/N-ethyl adjacent to an activating group) is 1. The number of halogens is 3. The Kier molecular flexibility index (Phi) is 7.97.